The zero-order chi connectivity index (χ0) is 26.3. The van der Waals surface area contributed by atoms with Gasteiger partial charge in [-0.15, -0.1) is 0 Å². The highest BCUT2D eigenvalue weighted by atomic mass is 16.5. The third kappa shape index (κ3) is 11.0. The Morgan fingerprint density at radius 1 is 1.11 bits per heavy atom. The van der Waals surface area contributed by atoms with Crippen molar-refractivity contribution < 1.29 is 14.2 Å². The van der Waals surface area contributed by atoms with Crippen molar-refractivity contribution in [1.82, 2.24) is 4.90 Å². The van der Waals surface area contributed by atoms with Crippen LogP contribution in [0.5, 0.6) is 0 Å². The highest BCUT2D eigenvalue weighted by Gasteiger charge is 2.29. The van der Waals surface area contributed by atoms with Crippen molar-refractivity contribution in [2.24, 2.45) is 15.9 Å². The molecule has 0 heterocycles. The Bertz CT molecular complexity index is 887. The maximum absolute atomic E-state index is 6.06. The van der Waals surface area contributed by atoms with E-state index in [1.54, 1.807) is 20.4 Å². The first kappa shape index (κ1) is 30.2. The van der Waals surface area contributed by atoms with Gasteiger partial charge in [-0.2, -0.15) is 0 Å². The Morgan fingerprint density at radius 2 is 1.83 bits per heavy atom. The maximum atomic E-state index is 6.06. The number of amidine groups is 1. The smallest absolute Gasteiger partial charge is 0.256 e. The lowest BCUT2D eigenvalue weighted by Crippen LogP contribution is -2.31. The molecule has 6 heteroatoms. The van der Waals surface area contributed by atoms with Crippen molar-refractivity contribution in [2.75, 3.05) is 34.9 Å². The summed E-state index contributed by atoms with van der Waals surface area (Å²) in [5, 5.41) is 0. The van der Waals surface area contributed by atoms with Gasteiger partial charge in [-0.05, 0) is 64.0 Å². The van der Waals surface area contributed by atoms with Crippen LogP contribution in [0.25, 0.3) is 0 Å². The van der Waals surface area contributed by atoms with Gasteiger partial charge in [-0.3, -0.25) is 0 Å². The van der Waals surface area contributed by atoms with Crippen LogP contribution in [0.1, 0.15) is 53.4 Å². The lowest BCUT2D eigenvalue weighted by molar-refractivity contribution is 0.0645. The first-order valence-corrected chi connectivity index (χ1v) is 12.2. The molecule has 1 rings (SSSR count). The molecular formula is C29H45N3O3. The van der Waals surface area contributed by atoms with E-state index >= 15 is 0 Å². The topological polar surface area (TPSA) is 55.7 Å². The number of methoxy groups -OCH3 is 2. The second kappa shape index (κ2) is 15.9. The van der Waals surface area contributed by atoms with E-state index in [9.17, 15) is 0 Å². The van der Waals surface area contributed by atoms with E-state index < -0.39 is 5.60 Å². The molecule has 6 nitrogen and oxygen atoms in total. The van der Waals surface area contributed by atoms with E-state index in [1.165, 1.54) is 12.8 Å². The molecular weight excluding hydrogens is 438 g/mol. The summed E-state index contributed by atoms with van der Waals surface area (Å²) in [6, 6.07) is 0. The van der Waals surface area contributed by atoms with Gasteiger partial charge in [0.05, 0.1) is 13.7 Å². The van der Waals surface area contributed by atoms with E-state index in [1.807, 2.05) is 64.2 Å². The van der Waals surface area contributed by atoms with Crippen LogP contribution in [0.2, 0.25) is 0 Å². The Labute approximate surface area is 213 Å². The number of allylic oxidation sites excluding steroid dienone is 5. The fraction of sp³-hybridized carbons (Fsp3) is 0.517. The van der Waals surface area contributed by atoms with Gasteiger partial charge in [0.25, 0.3) is 5.90 Å². The van der Waals surface area contributed by atoms with Gasteiger partial charge < -0.3 is 19.1 Å². The number of nitrogens with zero attached hydrogens (tertiary/aromatic N) is 3. The molecule has 1 saturated carbocycles. The second-order valence-electron chi connectivity index (χ2n) is 8.87. The molecule has 1 unspecified atom stereocenters. The van der Waals surface area contributed by atoms with Crippen LogP contribution in [0.15, 0.2) is 82.3 Å². The Morgan fingerprint density at radius 3 is 2.37 bits per heavy atom. The monoisotopic (exact) mass is 483 g/mol. The third-order valence-electron chi connectivity index (χ3n) is 5.84. The molecule has 0 bridgehead atoms. The quantitative estimate of drug-likeness (QED) is 0.0917. The predicted molar refractivity (Wildman–Crippen MR) is 149 cm³/mol. The number of rotatable bonds is 14. The molecule has 1 aliphatic carbocycles. The zero-order valence-corrected chi connectivity index (χ0v) is 23.0. The molecule has 0 N–H and O–H groups in total. The molecule has 0 amide bonds. The van der Waals surface area contributed by atoms with Crippen LogP contribution in [0, 0.1) is 5.92 Å². The van der Waals surface area contributed by atoms with Gasteiger partial charge in [0.1, 0.15) is 11.4 Å². The molecule has 1 aliphatic rings. The molecule has 194 valence electrons. The summed E-state index contributed by atoms with van der Waals surface area (Å²) in [5.74, 6) is 2.46. The summed E-state index contributed by atoms with van der Waals surface area (Å²) in [4.78, 5) is 10.9. The van der Waals surface area contributed by atoms with Crippen LogP contribution in [-0.4, -0.2) is 57.2 Å². The zero-order valence-electron chi connectivity index (χ0n) is 23.0. The Kier molecular flexibility index (Phi) is 13.7. The maximum Gasteiger partial charge on any atom is 0.256 e. The minimum Gasteiger partial charge on any atom is -0.488 e. The van der Waals surface area contributed by atoms with Gasteiger partial charge in [-0.25, -0.2) is 9.98 Å². The molecule has 0 spiro atoms. The Balaban J connectivity index is 2.99. The molecule has 0 saturated heterocycles. The van der Waals surface area contributed by atoms with Crippen LogP contribution in [0.4, 0.5) is 0 Å². The second-order valence-corrected chi connectivity index (χ2v) is 8.87. The van der Waals surface area contributed by atoms with Crippen molar-refractivity contribution in [3.8, 4) is 0 Å². The van der Waals surface area contributed by atoms with Crippen molar-refractivity contribution in [3.63, 3.8) is 0 Å². The largest absolute Gasteiger partial charge is 0.488 e. The summed E-state index contributed by atoms with van der Waals surface area (Å²) >= 11 is 0. The molecule has 0 aromatic carbocycles. The summed E-state index contributed by atoms with van der Waals surface area (Å²) in [6.45, 7) is 12.7. The standard InChI is InChI=1S/C29H45N3O3/c1-10-14-26(15-12-13-19-30-28(33-8)24(4)35-22-27-16-17-27)20-29(34-9,18-11-2)23(3)21-31-25(5)32(6)7/h10-11,13-15,18-19,21,27H,4,12,16-17,20,22H2,1-3,5-9H3/b14-10+,18-11+,19-13+,23-21+,26-15+,30-28+,31-25-. The van der Waals surface area contributed by atoms with Gasteiger partial charge in [-0.1, -0.05) is 43.0 Å². The molecule has 1 atom stereocenters. The van der Waals surface area contributed by atoms with Crippen LogP contribution in [-0.2, 0) is 14.2 Å². The molecule has 35 heavy (non-hydrogen) atoms. The highest BCUT2D eigenvalue weighted by molar-refractivity contribution is 5.91. The number of aliphatic imine (C=N–C) groups is 2. The fourth-order valence-corrected chi connectivity index (χ4v) is 3.24. The normalized spacial score (nSPS) is 17.9. The SMILES string of the molecule is C=C(OCC1CC1)/C(=N\C=C\C/C=C(\C=C\C)CC(/C=C/C)(OC)/C(C)=C/N=C(/C)N(C)C)OC. The van der Waals surface area contributed by atoms with Gasteiger partial charge in [0.15, 0.2) is 5.76 Å². The predicted octanol–water partition coefficient (Wildman–Crippen LogP) is 6.61. The lowest BCUT2D eigenvalue weighted by atomic mass is 9.86. The molecule has 0 aliphatic heterocycles. The van der Waals surface area contributed by atoms with Crippen molar-refractivity contribution in [1.29, 1.82) is 0 Å². The van der Waals surface area contributed by atoms with E-state index in [-0.39, 0.29) is 0 Å². The summed E-state index contributed by atoms with van der Waals surface area (Å²) in [7, 11) is 7.28. The summed E-state index contributed by atoms with van der Waals surface area (Å²) < 4.78 is 17.0. The van der Waals surface area contributed by atoms with E-state index in [2.05, 4.69) is 41.7 Å². The average Bonchev–Trinajstić information content (AvgIpc) is 3.67. The van der Waals surface area contributed by atoms with E-state index in [4.69, 9.17) is 14.2 Å². The average molecular weight is 484 g/mol. The number of hydrogen-bond donors (Lipinski definition) is 0. The first-order valence-electron chi connectivity index (χ1n) is 12.2. The summed E-state index contributed by atoms with van der Waals surface area (Å²) in [6.07, 6.45) is 19.9. The minimum atomic E-state index is -0.585. The van der Waals surface area contributed by atoms with Crippen LogP contribution < -0.4 is 0 Å². The number of ether oxygens (including phenoxy) is 3. The lowest BCUT2D eigenvalue weighted by Gasteiger charge is -2.31. The Hall–Kier alpha value is -2.86. The molecule has 0 radical (unpaired) electrons. The van der Waals surface area contributed by atoms with E-state index in [0.29, 0.717) is 37.0 Å². The third-order valence-corrected chi connectivity index (χ3v) is 5.84. The summed E-state index contributed by atoms with van der Waals surface area (Å²) in [5.41, 5.74) is 1.60. The minimum absolute atomic E-state index is 0.403. The first-order chi connectivity index (χ1) is 16.7. The molecule has 0 aromatic rings. The van der Waals surface area contributed by atoms with Crippen LogP contribution in [0.3, 0.4) is 0 Å². The van der Waals surface area contributed by atoms with Crippen LogP contribution >= 0.6 is 0 Å². The molecule has 1 fully saturated rings. The van der Waals surface area contributed by atoms with Crippen molar-refractivity contribution in [3.05, 3.63) is 72.3 Å². The van der Waals surface area contributed by atoms with Crippen molar-refractivity contribution in [2.45, 2.75) is 59.0 Å². The van der Waals surface area contributed by atoms with Gasteiger partial charge in [0, 0.05) is 40.0 Å². The highest BCUT2D eigenvalue weighted by Crippen LogP contribution is 2.32. The van der Waals surface area contributed by atoms with Gasteiger partial charge in [0.2, 0.25) is 0 Å². The fourth-order valence-electron chi connectivity index (χ4n) is 3.24. The van der Waals surface area contributed by atoms with Crippen molar-refractivity contribution >= 4 is 11.7 Å². The van der Waals surface area contributed by atoms with Gasteiger partial charge >= 0.3 is 0 Å². The number of hydrogen-bond acceptors (Lipinski definition) is 5. The van der Waals surface area contributed by atoms with E-state index in [0.717, 1.165) is 17.0 Å². The molecule has 0 aromatic heterocycles.